The number of benzene rings is 2. The van der Waals surface area contributed by atoms with E-state index in [0.29, 0.717) is 24.5 Å². The summed E-state index contributed by atoms with van der Waals surface area (Å²) in [7, 11) is 0. The normalized spacial score (nSPS) is 32.2. The molecule has 2 aliphatic carbocycles. The third-order valence-corrected chi connectivity index (χ3v) is 9.75. The van der Waals surface area contributed by atoms with Crippen molar-refractivity contribution >= 4 is 0 Å². The fraction of sp³-hybridized carbons (Fsp3) is 0.455. The number of morpholine rings is 1. The number of hydrogen-bond donors (Lipinski definition) is 0. The number of rotatable bonds is 3. The van der Waals surface area contributed by atoms with Crippen LogP contribution in [0.25, 0.3) is 0 Å². The first kappa shape index (κ1) is 26.1. The lowest BCUT2D eigenvalue weighted by Crippen LogP contribution is -2.67. The topological polar surface area (TPSA) is 117 Å². The van der Waals surface area contributed by atoms with Gasteiger partial charge in [-0.3, -0.25) is 4.90 Å². The van der Waals surface area contributed by atoms with E-state index in [4.69, 9.17) is 9.47 Å². The van der Waals surface area contributed by atoms with Crippen molar-refractivity contribution in [2.45, 2.75) is 43.2 Å². The van der Waals surface area contributed by atoms with Gasteiger partial charge in [0.05, 0.1) is 43.4 Å². The van der Waals surface area contributed by atoms with Gasteiger partial charge in [0.2, 0.25) is 0 Å². The first-order valence-corrected chi connectivity index (χ1v) is 14.1. The fourth-order valence-corrected chi connectivity index (χ4v) is 8.00. The lowest BCUT2D eigenvalue weighted by molar-refractivity contribution is -0.242. The van der Waals surface area contributed by atoms with Gasteiger partial charge < -0.3 is 9.47 Å². The number of fused-ring (bicyclic) bond motifs is 2. The van der Waals surface area contributed by atoms with Gasteiger partial charge >= 0.3 is 0 Å². The molecule has 2 heterocycles. The van der Waals surface area contributed by atoms with Gasteiger partial charge in [-0.1, -0.05) is 67.1 Å². The molecule has 40 heavy (non-hydrogen) atoms. The molecular weight excluding hydrogens is 498 g/mol. The van der Waals surface area contributed by atoms with E-state index in [9.17, 15) is 21.0 Å². The van der Waals surface area contributed by atoms with Crippen molar-refractivity contribution in [3.8, 4) is 24.3 Å². The summed E-state index contributed by atoms with van der Waals surface area (Å²) in [5, 5.41) is 43.3. The highest BCUT2D eigenvalue weighted by molar-refractivity contribution is 5.51. The number of nitrogens with zero attached hydrogens (tertiary/aromatic N) is 5. The Hall–Kier alpha value is -4.14. The van der Waals surface area contributed by atoms with E-state index in [2.05, 4.69) is 41.3 Å². The molecule has 5 atom stereocenters. The van der Waals surface area contributed by atoms with E-state index in [1.165, 1.54) is 0 Å². The second-order valence-electron chi connectivity index (χ2n) is 11.3. The Morgan fingerprint density at radius 1 is 0.750 bits per heavy atom. The zero-order valence-corrected chi connectivity index (χ0v) is 22.4. The highest BCUT2D eigenvalue weighted by atomic mass is 16.5. The van der Waals surface area contributed by atoms with Crippen LogP contribution < -0.4 is 0 Å². The van der Waals surface area contributed by atoms with Gasteiger partial charge in [-0.2, -0.15) is 21.0 Å². The molecule has 0 radical (unpaired) electrons. The molecule has 200 valence electrons. The summed E-state index contributed by atoms with van der Waals surface area (Å²) in [4.78, 5) is 2.40. The van der Waals surface area contributed by atoms with E-state index < -0.39 is 28.4 Å². The predicted molar refractivity (Wildman–Crippen MR) is 145 cm³/mol. The van der Waals surface area contributed by atoms with Crippen LogP contribution in [0.1, 0.15) is 48.6 Å². The van der Waals surface area contributed by atoms with Crippen LogP contribution in [-0.2, 0) is 9.47 Å². The smallest absolute Gasteiger partial charge is 0.186 e. The zero-order chi connectivity index (χ0) is 27.8. The van der Waals surface area contributed by atoms with Gasteiger partial charge in [-0.05, 0) is 30.0 Å². The highest BCUT2D eigenvalue weighted by Gasteiger charge is 2.72. The van der Waals surface area contributed by atoms with Crippen molar-refractivity contribution < 1.29 is 9.47 Å². The molecule has 1 saturated carbocycles. The Kier molecular flexibility index (Phi) is 6.60. The Morgan fingerprint density at radius 2 is 1.35 bits per heavy atom. The van der Waals surface area contributed by atoms with Gasteiger partial charge in [0.1, 0.15) is 5.76 Å². The largest absolute Gasteiger partial charge is 0.476 e. The molecule has 0 bridgehead atoms. The van der Waals surface area contributed by atoms with Crippen LogP contribution in [0.3, 0.4) is 0 Å². The maximum absolute atomic E-state index is 10.9. The SMILES string of the molecule is N#CC1(C#N)[C@@H]2C(=C[C@@H](c3ccccc3)C1(C#N)C#N)O[C@]1(N3CCOCC3)CCCC[C@@H]1[C@H]2c1ccccc1. The average Bonchev–Trinajstić information content (AvgIpc) is 3.04. The molecule has 2 aromatic rings. The van der Waals surface area contributed by atoms with Crippen LogP contribution >= 0.6 is 0 Å². The van der Waals surface area contributed by atoms with E-state index in [1.807, 2.05) is 54.6 Å². The molecular formula is C33H31N5O2. The lowest BCUT2D eigenvalue weighted by atomic mass is 9.45. The number of ether oxygens (including phenoxy) is 2. The van der Waals surface area contributed by atoms with Gasteiger partial charge in [-0.25, -0.2) is 0 Å². The molecule has 7 heteroatoms. The molecule has 2 aromatic carbocycles. The third kappa shape index (κ3) is 3.52. The molecule has 0 N–H and O–H groups in total. The molecule has 2 aliphatic heterocycles. The monoisotopic (exact) mass is 529 g/mol. The summed E-state index contributed by atoms with van der Waals surface area (Å²) in [6, 6.07) is 28.3. The van der Waals surface area contributed by atoms with Crippen LogP contribution in [-0.4, -0.2) is 36.9 Å². The Bertz CT molecular complexity index is 1430. The van der Waals surface area contributed by atoms with Gasteiger partial charge in [0, 0.05) is 37.3 Å². The van der Waals surface area contributed by atoms with Gasteiger partial charge in [0.15, 0.2) is 16.6 Å². The Labute approximate surface area is 235 Å². The van der Waals surface area contributed by atoms with Crippen LogP contribution in [0.5, 0.6) is 0 Å². The van der Waals surface area contributed by atoms with E-state index in [-0.39, 0.29) is 11.8 Å². The Morgan fingerprint density at radius 3 is 1.95 bits per heavy atom. The van der Waals surface area contributed by atoms with Crippen molar-refractivity contribution in [1.29, 1.82) is 21.0 Å². The van der Waals surface area contributed by atoms with Crippen LogP contribution in [0.4, 0.5) is 0 Å². The summed E-state index contributed by atoms with van der Waals surface area (Å²) in [5.41, 5.74) is -2.81. The van der Waals surface area contributed by atoms with Crippen molar-refractivity contribution in [1.82, 2.24) is 4.90 Å². The van der Waals surface area contributed by atoms with Crippen molar-refractivity contribution in [2.75, 3.05) is 26.3 Å². The van der Waals surface area contributed by atoms with Crippen molar-refractivity contribution in [3.05, 3.63) is 83.6 Å². The molecule has 6 rings (SSSR count). The predicted octanol–water partition coefficient (Wildman–Crippen LogP) is 5.38. The van der Waals surface area contributed by atoms with Crippen LogP contribution in [0, 0.1) is 68.0 Å². The Balaban J connectivity index is 1.66. The summed E-state index contributed by atoms with van der Waals surface area (Å²) in [6.07, 6.45) is 5.60. The summed E-state index contributed by atoms with van der Waals surface area (Å²) in [5.74, 6) is -1.36. The number of allylic oxidation sites excluding steroid dienone is 2. The first-order valence-electron chi connectivity index (χ1n) is 14.1. The molecule has 3 fully saturated rings. The number of hydrogen-bond acceptors (Lipinski definition) is 7. The van der Waals surface area contributed by atoms with E-state index in [0.717, 1.165) is 44.3 Å². The fourth-order valence-electron chi connectivity index (χ4n) is 8.00. The first-order chi connectivity index (χ1) is 19.6. The van der Waals surface area contributed by atoms with Gasteiger partial charge in [-0.15, -0.1) is 0 Å². The maximum atomic E-state index is 10.9. The highest BCUT2D eigenvalue weighted by Crippen LogP contribution is 2.67. The second kappa shape index (κ2) is 10.1. The molecule has 4 aliphatic rings. The molecule has 2 saturated heterocycles. The van der Waals surface area contributed by atoms with Crippen molar-refractivity contribution in [2.24, 2.45) is 22.7 Å². The third-order valence-electron chi connectivity index (χ3n) is 9.75. The molecule has 0 amide bonds. The molecule has 0 spiro atoms. The van der Waals surface area contributed by atoms with Crippen LogP contribution in [0.2, 0.25) is 0 Å². The average molecular weight is 530 g/mol. The standard InChI is InChI=1S/C33H31N5O2/c34-20-31(21-35)27(24-9-3-1-4-10-24)19-28-30(32(31,22-36)23-37)29(25-11-5-2-6-12-25)26-13-7-8-14-33(26,40-28)38-15-17-39-18-16-38/h1-6,9-12,19,26-27,29-30H,7-8,13-18H2/t26-,27+,29-,30-,33-/m1/s1. The number of nitriles is 4. The minimum atomic E-state index is -1.96. The summed E-state index contributed by atoms with van der Waals surface area (Å²) >= 11 is 0. The molecule has 0 aromatic heterocycles. The minimum Gasteiger partial charge on any atom is -0.476 e. The minimum absolute atomic E-state index is 0.0339. The zero-order valence-electron chi connectivity index (χ0n) is 22.4. The van der Waals surface area contributed by atoms with Crippen LogP contribution in [0.15, 0.2) is 72.5 Å². The van der Waals surface area contributed by atoms with Gasteiger partial charge in [0.25, 0.3) is 0 Å². The van der Waals surface area contributed by atoms with E-state index >= 15 is 0 Å². The van der Waals surface area contributed by atoms with E-state index in [1.54, 1.807) is 0 Å². The summed E-state index contributed by atoms with van der Waals surface area (Å²) < 4.78 is 12.9. The quantitative estimate of drug-likeness (QED) is 0.524. The molecule has 0 unspecified atom stereocenters. The maximum Gasteiger partial charge on any atom is 0.186 e. The second-order valence-corrected chi connectivity index (χ2v) is 11.3. The molecule has 7 nitrogen and oxygen atoms in total. The summed E-state index contributed by atoms with van der Waals surface area (Å²) in [6.45, 7) is 2.71. The lowest BCUT2D eigenvalue weighted by Gasteiger charge is -2.62. The van der Waals surface area contributed by atoms with Crippen molar-refractivity contribution in [3.63, 3.8) is 0 Å².